The number of benzene rings is 1. The molecule has 4 heteroatoms. The molecule has 0 spiro atoms. The molecule has 1 N–H and O–H groups in total. The summed E-state index contributed by atoms with van der Waals surface area (Å²) in [5.74, 6) is 0.0229. The first-order valence-electron chi connectivity index (χ1n) is 9.17. The minimum atomic E-state index is -0.441. The number of amides is 2. The lowest BCUT2D eigenvalue weighted by Crippen LogP contribution is -2.49. The lowest BCUT2D eigenvalue weighted by Gasteiger charge is -2.30. The molecule has 0 unspecified atom stereocenters. The molecule has 1 saturated carbocycles. The molecule has 0 saturated heterocycles. The van der Waals surface area contributed by atoms with E-state index in [1.165, 1.54) is 12.8 Å². The molecule has 2 rings (SSSR count). The van der Waals surface area contributed by atoms with Crippen LogP contribution in [-0.2, 0) is 16.1 Å². The average Bonchev–Trinajstić information content (AvgIpc) is 3.06. The van der Waals surface area contributed by atoms with E-state index in [-0.39, 0.29) is 17.9 Å². The Morgan fingerprint density at radius 1 is 1.25 bits per heavy atom. The van der Waals surface area contributed by atoms with Gasteiger partial charge in [0.05, 0.1) is 0 Å². The molecule has 1 aliphatic carbocycles. The molecule has 1 aliphatic rings. The second-order valence-corrected chi connectivity index (χ2v) is 6.86. The van der Waals surface area contributed by atoms with Gasteiger partial charge >= 0.3 is 0 Å². The zero-order valence-electron chi connectivity index (χ0n) is 15.2. The van der Waals surface area contributed by atoms with Crippen LogP contribution in [0.25, 0.3) is 0 Å². The first-order chi connectivity index (χ1) is 11.5. The van der Waals surface area contributed by atoms with Crippen LogP contribution in [0.4, 0.5) is 0 Å². The predicted octanol–water partition coefficient (Wildman–Crippen LogP) is 3.57. The third-order valence-corrected chi connectivity index (χ3v) is 4.93. The topological polar surface area (TPSA) is 49.4 Å². The van der Waals surface area contributed by atoms with Gasteiger partial charge in [-0.3, -0.25) is 9.59 Å². The van der Waals surface area contributed by atoms with Crippen molar-refractivity contribution < 1.29 is 9.59 Å². The molecule has 0 bridgehead atoms. The van der Waals surface area contributed by atoms with Gasteiger partial charge in [0, 0.05) is 19.0 Å². The molecular formula is C20H30N2O2. The number of hydrogen-bond acceptors (Lipinski definition) is 2. The van der Waals surface area contributed by atoms with Gasteiger partial charge in [-0.05, 0) is 44.2 Å². The van der Waals surface area contributed by atoms with Crippen molar-refractivity contribution in [3.63, 3.8) is 0 Å². The Morgan fingerprint density at radius 2 is 1.92 bits per heavy atom. The van der Waals surface area contributed by atoms with Crippen LogP contribution in [0.3, 0.4) is 0 Å². The van der Waals surface area contributed by atoms with E-state index < -0.39 is 6.04 Å². The Hall–Kier alpha value is -1.84. The summed E-state index contributed by atoms with van der Waals surface area (Å²) in [6.07, 6.45) is 5.74. The van der Waals surface area contributed by atoms with Gasteiger partial charge in [0.1, 0.15) is 6.04 Å². The lowest BCUT2D eigenvalue weighted by molar-refractivity contribution is -0.140. The van der Waals surface area contributed by atoms with Crippen molar-refractivity contribution >= 4 is 11.8 Å². The maximum absolute atomic E-state index is 12.6. The number of aryl methyl sites for hydroxylation is 1. The monoisotopic (exact) mass is 330 g/mol. The Bertz CT molecular complexity index is 565. The van der Waals surface area contributed by atoms with Crippen molar-refractivity contribution in [2.45, 2.75) is 77.9 Å². The summed E-state index contributed by atoms with van der Waals surface area (Å²) in [5, 5.41) is 3.12. The Kier molecular flexibility index (Phi) is 6.83. The molecule has 1 aromatic carbocycles. The van der Waals surface area contributed by atoms with E-state index in [0.717, 1.165) is 30.4 Å². The molecule has 0 heterocycles. The number of nitrogens with zero attached hydrogens (tertiary/aromatic N) is 1. The van der Waals surface area contributed by atoms with E-state index in [9.17, 15) is 9.59 Å². The van der Waals surface area contributed by atoms with Gasteiger partial charge in [-0.15, -0.1) is 0 Å². The number of hydrogen-bond donors (Lipinski definition) is 1. The summed E-state index contributed by atoms with van der Waals surface area (Å²) in [7, 11) is 0. The van der Waals surface area contributed by atoms with E-state index >= 15 is 0 Å². The molecule has 1 fully saturated rings. The quantitative estimate of drug-likeness (QED) is 0.831. The largest absolute Gasteiger partial charge is 0.352 e. The summed E-state index contributed by atoms with van der Waals surface area (Å²) < 4.78 is 0. The van der Waals surface area contributed by atoms with Crippen molar-refractivity contribution in [3.05, 3.63) is 35.4 Å². The smallest absolute Gasteiger partial charge is 0.242 e. The first-order valence-corrected chi connectivity index (χ1v) is 9.17. The molecule has 132 valence electrons. The van der Waals surface area contributed by atoms with Gasteiger partial charge in [0.15, 0.2) is 0 Å². The summed E-state index contributed by atoms with van der Waals surface area (Å²) in [6, 6.07) is 7.89. The molecule has 0 radical (unpaired) electrons. The van der Waals surface area contributed by atoms with Gasteiger partial charge < -0.3 is 10.2 Å². The fourth-order valence-electron chi connectivity index (χ4n) is 3.30. The summed E-state index contributed by atoms with van der Waals surface area (Å²) in [4.78, 5) is 26.9. The zero-order valence-corrected chi connectivity index (χ0v) is 15.2. The van der Waals surface area contributed by atoms with Crippen molar-refractivity contribution in [1.82, 2.24) is 10.2 Å². The minimum Gasteiger partial charge on any atom is -0.352 e. The standard InChI is InChI=1S/C20H30N2O2/c1-4-9-19(23)22(14-17-11-6-5-10-15(17)2)16(3)20(24)21-18-12-7-8-13-18/h5-6,10-11,16,18H,4,7-9,12-14H2,1-3H3,(H,21,24)/t16-/m0/s1. The van der Waals surface area contributed by atoms with Crippen molar-refractivity contribution in [2.24, 2.45) is 0 Å². The molecule has 0 aromatic heterocycles. The highest BCUT2D eigenvalue weighted by atomic mass is 16.2. The maximum Gasteiger partial charge on any atom is 0.242 e. The summed E-state index contributed by atoms with van der Waals surface area (Å²) in [6.45, 7) is 6.37. The third kappa shape index (κ3) is 4.83. The van der Waals surface area contributed by atoms with Crippen molar-refractivity contribution in [1.29, 1.82) is 0 Å². The van der Waals surface area contributed by atoms with Gasteiger partial charge in [0.2, 0.25) is 11.8 Å². The first kappa shape index (κ1) is 18.5. The van der Waals surface area contributed by atoms with E-state index in [1.54, 1.807) is 4.90 Å². The molecule has 0 aliphatic heterocycles. The van der Waals surface area contributed by atoms with Crippen LogP contribution in [0.1, 0.15) is 63.5 Å². The predicted molar refractivity (Wildman–Crippen MR) is 96.5 cm³/mol. The zero-order chi connectivity index (χ0) is 17.5. The van der Waals surface area contributed by atoms with E-state index in [1.807, 2.05) is 45.0 Å². The third-order valence-electron chi connectivity index (χ3n) is 4.93. The number of nitrogens with one attached hydrogen (secondary N) is 1. The van der Waals surface area contributed by atoms with Gasteiger partial charge in [-0.2, -0.15) is 0 Å². The average molecular weight is 330 g/mol. The molecule has 4 nitrogen and oxygen atoms in total. The molecule has 24 heavy (non-hydrogen) atoms. The van der Waals surface area contributed by atoms with E-state index in [2.05, 4.69) is 5.32 Å². The van der Waals surface area contributed by atoms with Crippen LogP contribution < -0.4 is 5.32 Å². The normalized spacial score (nSPS) is 16.0. The number of carbonyl (C=O) groups is 2. The SMILES string of the molecule is CCCC(=O)N(Cc1ccccc1C)[C@@H](C)C(=O)NC1CCCC1. The van der Waals surface area contributed by atoms with Crippen LogP contribution >= 0.6 is 0 Å². The van der Waals surface area contributed by atoms with Crippen LogP contribution in [0.5, 0.6) is 0 Å². The fraction of sp³-hybridized carbons (Fsp3) is 0.600. The second kappa shape index (κ2) is 8.86. The van der Waals surface area contributed by atoms with Crippen LogP contribution in [-0.4, -0.2) is 28.8 Å². The highest BCUT2D eigenvalue weighted by molar-refractivity contribution is 5.87. The van der Waals surface area contributed by atoms with E-state index in [4.69, 9.17) is 0 Å². The lowest BCUT2D eigenvalue weighted by atomic mass is 10.1. The number of rotatable bonds is 7. The second-order valence-electron chi connectivity index (χ2n) is 6.86. The minimum absolute atomic E-state index is 0.0278. The highest BCUT2D eigenvalue weighted by Gasteiger charge is 2.28. The Labute approximate surface area is 145 Å². The van der Waals surface area contributed by atoms with Crippen LogP contribution in [0.2, 0.25) is 0 Å². The van der Waals surface area contributed by atoms with Crippen molar-refractivity contribution in [2.75, 3.05) is 0 Å². The number of carbonyl (C=O) groups excluding carboxylic acids is 2. The van der Waals surface area contributed by atoms with Gasteiger partial charge in [-0.25, -0.2) is 0 Å². The Morgan fingerprint density at radius 3 is 2.54 bits per heavy atom. The maximum atomic E-state index is 12.6. The van der Waals surface area contributed by atoms with Gasteiger partial charge in [-0.1, -0.05) is 44.0 Å². The van der Waals surface area contributed by atoms with Crippen LogP contribution in [0.15, 0.2) is 24.3 Å². The van der Waals surface area contributed by atoms with Crippen LogP contribution in [0, 0.1) is 6.92 Å². The molecule has 1 atom stereocenters. The van der Waals surface area contributed by atoms with E-state index in [0.29, 0.717) is 13.0 Å². The summed E-state index contributed by atoms with van der Waals surface area (Å²) in [5.41, 5.74) is 2.25. The van der Waals surface area contributed by atoms with Gasteiger partial charge in [0.25, 0.3) is 0 Å². The molecule has 1 aromatic rings. The fourth-order valence-corrected chi connectivity index (χ4v) is 3.30. The highest BCUT2D eigenvalue weighted by Crippen LogP contribution is 2.19. The molecular weight excluding hydrogens is 300 g/mol. The Balaban J connectivity index is 2.10. The van der Waals surface area contributed by atoms with Crippen molar-refractivity contribution in [3.8, 4) is 0 Å². The summed E-state index contributed by atoms with van der Waals surface area (Å²) >= 11 is 0. The molecule has 2 amide bonds.